The Morgan fingerprint density at radius 1 is 1.50 bits per heavy atom. The third-order valence-corrected chi connectivity index (χ3v) is 0.608. The van der Waals surface area contributed by atoms with Gasteiger partial charge in [0.1, 0.15) is 0 Å². The molecule has 66 valence electrons. The number of hydrogen-bond acceptors (Lipinski definition) is 4. The van der Waals surface area contributed by atoms with E-state index in [0.29, 0.717) is 6.61 Å². The smallest absolute Gasteiger partial charge is 0.875 e. The van der Waals surface area contributed by atoms with Crippen LogP contribution in [0.1, 0.15) is 13.8 Å². The van der Waals surface area contributed by atoms with Gasteiger partial charge in [-0.15, -0.1) is 5.76 Å². The molecule has 0 aliphatic rings. The van der Waals surface area contributed by atoms with Gasteiger partial charge >= 0.3 is 29.0 Å². The van der Waals surface area contributed by atoms with Crippen molar-refractivity contribution in [2.24, 2.45) is 0 Å². The Kier molecular flexibility index (Phi) is 19.7. The van der Waals surface area contributed by atoms with Gasteiger partial charge in [0.25, 0.3) is 0 Å². The Morgan fingerprint density at radius 2 is 1.92 bits per heavy atom. The topological polar surface area (TPSA) is 72.4 Å². The predicted molar refractivity (Wildman–Crippen MR) is 42.1 cm³/mol. The standard InChI is InChI=1S/C6H10O3.CH3O.Mg/c1-3-9-6(8)4-5(2)7;1-2;/h4,7H,3H2,1-2H3;1H3;/q;-1;+2/p-1. The monoisotopic (exact) mass is 184 g/mol. The average Bonchev–Trinajstić information content (AvgIpc) is 1.91. The zero-order chi connectivity index (χ0) is 9.28. The van der Waals surface area contributed by atoms with Crippen LogP contribution in [0.2, 0.25) is 0 Å². The molecular weight excluding hydrogens is 172 g/mol. The number of carbonyl (C=O) groups excluding carboxylic acids is 1. The molecule has 0 aliphatic carbocycles. The Labute approximate surface area is 88.4 Å². The van der Waals surface area contributed by atoms with Crippen molar-refractivity contribution >= 4 is 29.0 Å². The fourth-order valence-corrected chi connectivity index (χ4v) is 0.350. The molecule has 0 aromatic rings. The molecular formula is C7H12MgO4. The van der Waals surface area contributed by atoms with Crippen LogP contribution in [0.4, 0.5) is 0 Å². The molecule has 12 heavy (non-hydrogen) atoms. The van der Waals surface area contributed by atoms with Gasteiger partial charge in [-0.3, -0.25) is 0 Å². The van der Waals surface area contributed by atoms with Crippen molar-refractivity contribution in [2.45, 2.75) is 13.8 Å². The second-order valence-corrected chi connectivity index (χ2v) is 1.51. The molecule has 0 fully saturated rings. The number of ether oxygens (including phenoxy) is 1. The van der Waals surface area contributed by atoms with Crippen molar-refractivity contribution in [1.82, 2.24) is 0 Å². The van der Waals surface area contributed by atoms with Crippen molar-refractivity contribution < 1.29 is 19.7 Å². The van der Waals surface area contributed by atoms with Gasteiger partial charge in [0.15, 0.2) is 0 Å². The molecule has 5 heteroatoms. The van der Waals surface area contributed by atoms with Gasteiger partial charge in [-0.05, 0) is 6.92 Å². The summed E-state index contributed by atoms with van der Waals surface area (Å²) in [6.07, 6.45) is 0.920. The third-order valence-electron chi connectivity index (χ3n) is 0.608. The number of allylic oxidation sites excluding steroid dienone is 1. The van der Waals surface area contributed by atoms with Crippen LogP contribution >= 0.6 is 0 Å². The minimum Gasteiger partial charge on any atom is -0.875 e. The summed E-state index contributed by atoms with van der Waals surface area (Å²) in [6, 6.07) is 0. The van der Waals surface area contributed by atoms with E-state index in [9.17, 15) is 9.90 Å². The maximum absolute atomic E-state index is 10.4. The van der Waals surface area contributed by atoms with Gasteiger partial charge in [-0.2, -0.15) is 7.11 Å². The molecule has 0 spiro atoms. The van der Waals surface area contributed by atoms with Gasteiger partial charge in [-0.1, -0.05) is 6.92 Å². The van der Waals surface area contributed by atoms with E-state index >= 15 is 0 Å². The molecule has 0 amide bonds. The summed E-state index contributed by atoms with van der Waals surface area (Å²) in [5.74, 6) is -0.849. The molecule has 0 saturated carbocycles. The summed E-state index contributed by atoms with van der Waals surface area (Å²) in [7, 11) is 0.750. The van der Waals surface area contributed by atoms with Crippen LogP contribution in [0.5, 0.6) is 0 Å². The summed E-state index contributed by atoms with van der Waals surface area (Å²) in [4.78, 5) is 10.4. The Morgan fingerprint density at radius 3 is 2.17 bits per heavy atom. The first-order chi connectivity index (χ1) is 5.16. The van der Waals surface area contributed by atoms with Crippen molar-refractivity contribution in [3.05, 3.63) is 11.8 Å². The number of hydrogen-bond donors (Lipinski definition) is 0. The molecule has 0 aliphatic heterocycles. The molecule has 0 unspecified atom stereocenters. The van der Waals surface area contributed by atoms with Crippen LogP contribution in [0.25, 0.3) is 0 Å². The summed E-state index contributed by atoms with van der Waals surface area (Å²) < 4.78 is 4.44. The van der Waals surface area contributed by atoms with Crippen LogP contribution in [-0.2, 0) is 9.53 Å². The molecule has 0 heterocycles. The second-order valence-electron chi connectivity index (χ2n) is 1.51. The van der Waals surface area contributed by atoms with Crippen molar-refractivity contribution in [3.8, 4) is 0 Å². The summed E-state index contributed by atoms with van der Waals surface area (Å²) in [6.45, 7) is 3.30. The molecule has 4 nitrogen and oxygen atoms in total. The van der Waals surface area contributed by atoms with Gasteiger partial charge in [0, 0.05) is 6.08 Å². The van der Waals surface area contributed by atoms with E-state index in [1.807, 2.05) is 0 Å². The quantitative estimate of drug-likeness (QED) is 0.224. The minimum atomic E-state index is -0.565. The largest absolute Gasteiger partial charge is 2.00 e. The molecule has 0 radical (unpaired) electrons. The van der Waals surface area contributed by atoms with Gasteiger partial charge in [-0.25, -0.2) is 4.79 Å². The predicted octanol–water partition coefficient (Wildman–Crippen LogP) is -1.59. The van der Waals surface area contributed by atoms with E-state index in [2.05, 4.69) is 4.74 Å². The Hall–Kier alpha value is -0.264. The number of esters is 1. The van der Waals surface area contributed by atoms with Gasteiger partial charge in [0.2, 0.25) is 0 Å². The fraction of sp³-hybridized carbons (Fsp3) is 0.571. The SMILES string of the molecule is CCOC(=O)C=C(C)[O-].C[O-].[Mg+2]. The molecule has 0 atom stereocenters. The van der Waals surface area contributed by atoms with Crippen LogP contribution in [0, 0.1) is 0 Å². The zero-order valence-corrected chi connectivity index (χ0v) is 9.04. The summed E-state index contributed by atoms with van der Waals surface area (Å²) in [5.41, 5.74) is 0. The van der Waals surface area contributed by atoms with E-state index in [1.54, 1.807) is 6.92 Å². The minimum absolute atomic E-state index is 0. The van der Waals surface area contributed by atoms with Crippen LogP contribution in [0.3, 0.4) is 0 Å². The zero-order valence-electron chi connectivity index (χ0n) is 7.62. The van der Waals surface area contributed by atoms with Gasteiger partial charge in [0.05, 0.1) is 6.61 Å². The molecule has 0 aromatic heterocycles. The summed E-state index contributed by atoms with van der Waals surface area (Å²) >= 11 is 0. The molecule has 0 rings (SSSR count). The first-order valence-corrected chi connectivity index (χ1v) is 3.09. The Bertz CT molecular complexity index is 129. The summed E-state index contributed by atoms with van der Waals surface area (Å²) in [5, 5.41) is 18.4. The van der Waals surface area contributed by atoms with E-state index in [0.717, 1.165) is 13.2 Å². The first kappa shape index (κ1) is 17.7. The average molecular weight is 184 g/mol. The first-order valence-electron chi connectivity index (χ1n) is 3.09. The molecule has 0 saturated heterocycles. The normalized spacial score (nSPS) is 8.83. The fourth-order valence-electron chi connectivity index (χ4n) is 0.350. The van der Waals surface area contributed by atoms with Crippen LogP contribution in [-0.4, -0.2) is 42.7 Å². The maximum Gasteiger partial charge on any atom is 2.00 e. The molecule has 0 aromatic carbocycles. The van der Waals surface area contributed by atoms with Crippen molar-refractivity contribution in [1.29, 1.82) is 0 Å². The van der Waals surface area contributed by atoms with Gasteiger partial charge < -0.3 is 14.9 Å². The molecule has 0 N–H and O–H groups in total. The second kappa shape index (κ2) is 13.3. The van der Waals surface area contributed by atoms with E-state index in [1.165, 1.54) is 6.92 Å². The Balaban J connectivity index is -0.000000249. The third kappa shape index (κ3) is 16.4. The van der Waals surface area contributed by atoms with Crippen LogP contribution in [0.15, 0.2) is 11.8 Å². The van der Waals surface area contributed by atoms with Crippen molar-refractivity contribution in [3.63, 3.8) is 0 Å². The number of rotatable bonds is 2. The molecule has 0 bridgehead atoms. The number of carbonyl (C=O) groups is 1. The van der Waals surface area contributed by atoms with E-state index in [4.69, 9.17) is 5.11 Å². The van der Waals surface area contributed by atoms with E-state index in [-0.39, 0.29) is 28.8 Å². The maximum atomic E-state index is 10.4. The van der Waals surface area contributed by atoms with Crippen LogP contribution < -0.4 is 10.2 Å². The van der Waals surface area contributed by atoms with E-state index < -0.39 is 5.97 Å². The van der Waals surface area contributed by atoms with Crippen molar-refractivity contribution in [2.75, 3.05) is 13.7 Å².